The van der Waals surface area contributed by atoms with E-state index in [9.17, 15) is 9.59 Å². The summed E-state index contributed by atoms with van der Waals surface area (Å²) in [5.41, 5.74) is 0.582. The first-order chi connectivity index (χ1) is 6.59. The molecule has 0 fully saturated rings. The van der Waals surface area contributed by atoms with E-state index < -0.39 is 5.97 Å². The lowest BCUT2D eigenvalue weighted by molar-refractivity contribution is -0.137. The highest BCUT2D eigenvalue weighted by Crippen LogP contribution is 1.91. The summed E-state index contributed by atoms with van der Waals surface area (Å²) in [7, 11) is 0. The van der Waals surface area contributed by atoms with Gasteiger partial charge in [-0.05, 0) is 12.5 Å². The third-order valence-electron chi connectivity index (χ3n) is 1.44. The van der Waals surface area contributed by atoms with Crippen molar-refractivity contribution in [1.29, 1.82) is 0 Å². The molecule has 0 aliphatic heterocycles. The predicted molar refractivity (Wildman–Crippen MR) is 54.4 cm³/mol. The van der Waals surface area contributed by atoms with E-state index in [1.807, 2.05) is 13.8 Å². The number of aromatic nitrogens is 1. The summed E-state index contributed by atoms with van der Waals surface area (Å²) >= 11 is 0. The number of hydrogen-bond acceptors (Lipinski definition) is 2. The van der Waals surface area contributed by atoms with E-state index in [0.29, 0.717) is 0 Å². The van der Waals surface area contributed by atoms with Crippen LogP contribution in [-0.4, -0.2) is 15.6 Å². The second kappa shape index (κ2) is 5.96. The van der Waals surface area contributed by atoms with E-state index in [1.165, 1.54) is 12.3 Å². The van der Waals surface area contributed by atoms with Gasteiger partial charge in [-0.15, -0.1) is 0 Å². The van der Waals surface area contributed by atoms with Crippen molar-refractivity contribution in [3.63, 3.8) is 0 Å². The van der Waals surface area contributed by atoms with E-state index in [0.717, 1.165) is 10.1 Å². The molecule has 0 saturated heterocycles. The smallest absolute Gasteiger partial charge is 0.323 e. The molecule has 1 rings (SSSR count). The van der Waals surface area contributed by atoms with Crippen molar-refractivity contribution >= 4 is 5.97 Å². The van der Waals surface area contributed by atoms with Gasteiger partial charge in [-0.3, -0.25) is 9.59 Å². The van der Waals surface area contributed by atoms with E-state index in [-0.39, 0.29) is 12.1 Å². The minimum Gasteiger partial charge on any atom is -0.480 e. The molecule has 4 nitrogen and oxygen atoms in total. The average Bonchev–Trinajstić information content (AvgIpc) is 2.14. The largest absolute Gasteiger partial charge is 0.480 e. The van der Waals surface area contributed by atoms with Crippen molar-refractivity contribution in [3.05, 3.63) is 34.2 Å². The Morgan fingerprint density at radius 1 is 1.43 bits per heavy atom. The standard InChI is InChI=1S/C8H9NO3.C2H6/c1-6-2-3-7(10)9(4-6)5-8(11)12;1-2/h2-4H,5H2,1H3,(H,11,12);1-2H3. The Labute approximate surface area is 82.8 Å². The van der Waals surface area contributed by atoms with Crippen molar-refractivity contribution in [2.75, 3.05) is 0 Å². The second-order valence-corrected chi connectivity index (χ2v) is 2.57. The number of carbonyl (C=O) groups is 1. The van der Waals surface area contributed by atoms with Crippen LogP contribution in [-0.2, 0) is 11.3 Å². The number of carboxylic acids is 1. The van der Waals surface area contributed by atoms with Gasteiger partial charge in [0, 0.05) is 12.3 Å². The summed E-state index contributed by atoms with van der Waals surface area (Å²) in [6.07, 6.45) is 1.52. The molecule has 14 heavy (non-hydrogen) atoms. The van der Waals surface area contributed by atoms with Crippen LogP contribution in [0.4, 0.5) is 0 Å². The lowest BCUT2D eigenvalue weighted by atomic mass is 10.3. The number of hydrogen-bond donors (Lipinski definition) is 1. The molecule has 0 spiro atoms. The molecule has 0 aliphatic carbocycles. The van der Waals surface area contributed by atoms with Crippen LogP contribution in [0.5, 0.6) is 0 Å². The summed E-state index contributed by atoms with van der Waals surface area (Å²) < 4.78 is 1.16. The lowest BCUT2D eigenvalue weighted by Crippen LogP contribution is -2.22. The maximum absolute atomic E-state index is 11.0. The zero-order valence-corrected chi connectivity index (χ0v) is 8.65. The molecule has 4 heteroatoms. The molecule has 1 aromatic rings. The number of pyridine rings is 1. The van der Waals surface area contributed by atoms with Gasteiger partial charge in [0.1, 0.15) is 6.54 Å². The van der Waals surface area contributed by atoms with Crippen LogP contribution in [0.3, 0.4) is 0 Å². The van der Waals surface area contributed by atoms with Gasteiger partial charge in [-0.25, -0.2) is 0 Å². The molecule has 0 amide bonds. The van der Waals surface area contributed by atoms with Crippen LogP contribution < -0.4 is 5.56 Å². The Hall–Kier alpha value is -1.58. The van der Waals surface area contributed by atoms with Crippen molar-refractivity contribution in [3.8, 4) is 0 Å². The quantitative estimate of drug-likeness (QED) is 0.776. The Kier molecular flexibility index (Phi) is 5.29. The van der Waals surface area contributed by atoms with Crippen LogP contribution in [0.1, 0.15) is 19.4 Å². The van der Waals surface area contributed by atoms with Gasteiger partial charge >= 0.3 is 5.97 Å². The third-order valence-corrected chi connectivity index (χ3v) is 1.44. The summed E-state index contributed by atoms with van der Waals surface area (Å²) in [4.78, 5) is 21.3. The molecule has 0 aliphatic rings. The SMILES string of the molecule is CC.Cc1ccc(=O)n(CC(=O)O)c1. The van der Waals surface area contributed by atoms with E-state index in [1.54, 1.807) is 13.0 Å². The van der Waals surface area contributed by atoms with Gasteiger partial charge in [0.15, 0.2) is 0 Å². The van der Waals surface area contributed by atoms with Gasteiger partial charge in [0.2, 0.25) is 0 Å². The van der Waals surface area contributed by atoms with E-state index >= 15 is 0 Å². The zero-order valence-electron chi connectivity index (χ0n) is 8.65. The Morgan fingerprint density at radius 3 is 2.50 bits per heavy atom. The summed E-state index contributed by atoms with van der Waals surface area (Å²) in [6, 6.07) is 3.01. The monoisotopic (exact) mass is 197 g/mol. The Balaban J connectivity index is 0.000000791. The predicted octanol–water partition coefficient (Wildman–Crippen LogP) is 1.27. The van der Waals surface area contributed by atoms with E-state index in [2.05, 4.69) is 0 Å². The molecular weight excluding hydrogens is 182 g/mol. The summed E-state index contributed by atoms with van der Waals surface area (Å²) in [5, 5.41) is 8.42. The van der Waals surface area contributed by atoms with Gasteiger partial charge in [0.05, 0.1) is 0 Å². The third kappa shape index (κ3) is 3.89. The van der Waals surface area contributed by atoms with Crippen molar-refractivity contribution in [2.45, 2.75) is 27.3 Å². The minimum atomic E-state index is -1.01. The van der Waals surface area contributed by atoms with Gasteiger partial charge in [0.25, 0.3) is 5.56 Å². The van der Waals surface area contributed by atoms with Gasteiger partial charge < -0.3 is 9.67 Å². The molecule has 0 radical (unpaired) electrons. The van der Waals surface area contributed by atoms with Crippen LogP contribution in [0.2, 0.25) is 0 Å². The molecule has 1 aromatic heterocycles. The number of nitrogens with zero attached hydrogens (tertiary/aromatic N) is 1. The molecule has 0 saturated carbocycles. The van der Waals surface area contributed by atoms with E-state index in [4.69, 9.17) is 5.11 Å². The zero-order chi connectivity index (χ0) is 11.1. The molecule has 0 bridgehead atoms. The van der Waals surface area contributed by atoms with Gasteiger partial charge in [-0.2, -0.15) is 0 Å². The number of carboxylic acid groups (broad SMARTS) is 1. The second-order valence-electron chi connectivity index (χ2n) is 2.57. The fourth-order valence-electron chi connectivity index (χ4n) is 0.920. The average molecular weight is 197 g/mol. The van der Waals surface area contributed by atoms with Crippen LogP contribution in [0, 0.1) is 6.92 Å². The van der Waals surface area contributed by atoms with Crippen molar-refractivity contribution in [1.82, 2.24) is 4.57 Å². The normalized spacial score (nSPS) is 8.79. The molecule has 78 valence electrons. The Morgan fingerprint density at radius 2 is 2.00 bits per heavy atom. The van der Waals surface area contributed by atoms with Crippen molar-refractivity contribution < 1.29 is 9.90 Å². The highest BCUT2D eigenvalue weighted by atomic mass is 16.4. The molecule has 0 unspecified atom stereocenters. The topological polar surface area (TPSA) is 59.3 Å². The first kappa shape index (κ1) is 12.4. The van der Waals surface area contributed by atoms with Gasteiger partial charge in [-0.1, -0.05) is 19.9 Å². The summed E-state index contributed by atoms with van der Waals surface area (Å²) in [5.74, 6) is -1.01. The number of aryl methyl sites for hydroxylation is 1. The first-order valence-corrected chi connectivity index (χ1v) is 4.48. The molecule has 1 N–H and O–H groups in total. The fourth-order valence-corrected chi connectivity index (χ4v) is 0.920. The Bertz CT molecular complexity index is 355. The first-order valence-electron chi connectivity index (χ1n) is 4.48. The highest BCUT2D eigenvalue weighted by Gasteiger charge is 2.00. The number of aliphatic carboxylic acids is 1. The van der Waals surface area contributed by atoms with Crippen molar-refractivity contribution in [2.24, 2.45) is 0 Å². The van der Waals surface area contributed by atoms with Crippen LogP contribution in [0.25, 0.3) is 0 Å². The maximum atomic E-state index is 11.0. The molecule has 1 heterocycles. The minimum absolute atomic E-state index is 0.277. The number of rotatable bonds is 2. The highest BCUT2D eigenvalue weighted by molar-refractivity contribution is 5.66. The summed E-state index contributed by atoms with van der Waals surface area (Å²) in [6.45, 7) is 5.53. The fraction of sp³-hybridized carbons (Fsp3) is 0.400. The lowest BCUT2D eigenvalue weighted by Gasteiger charge is -2.01. The van der Waals surface area contributed by atoms with Crippen LogP contribution in [0.15, 0.2) is 23.1 Å². The molecule has 0 atom stereocenters. The maximum Gasteiger partial charge on any atom is 0.323 e. The molecule has 0 aromatic carbocycles. The van der Waals surface area contributed by atoms with Crippen LogP contribution >= 0.6 is 0 Å². The molecular formula is C10H15NO3.